The molecule has 0 amide bonds. The first-order chi connectivity index (χ1) is 7.18. The summed E-state index contributed by atoms with van der Waals surface area (Å²) < 4.78 is 60.1. The average molecular weight is 261 g/mol. The molecule has 4 nitrogen and oxygen atoms in total. The monoisotopic (exact) mass is 261 g/mol. The molecule has 16 heavy (non-hydrogen) atoms. The molecule has 0 aromatic carbocycles. The van der Waals surface area contributed by atoms with E-state index < -0.39 is 40.9 Å². The molecular weight excluding hydrogens is 247 g/mol. The van der Waals surface area contributed by atoms with Gasteiger partial charge in [0.2, 0.25) is 10.0 Å². The molecular formula is C8H14F3NO3S. The number of halogens is 3. The summed E-state index contributed by atoms with van der Waals surface area (Å²) in [5.41, 5.74) is 0. The van der Waals surface area contributed by atoms with Gasteiger partial charge in [-0.3, -0.25) is 0 Å². The van der Waals surface area contributed by atoms with Gasteiger partial charge < -0.3 is 5.11 Å². The fraction of sp³-hybridized carbons (Fsp3) is 1.00. The van der Waals surface area contributed by atoms with Gasteiger partial charge in [-0.25, -0.2) is 13.1 Å². The van der Waals surface area contributed by atoms with Crippen LogP contribution in [-0.4, -0.2) is 37.6 Å². The molecule has 8 heteroatoms. The Hall–Kier alpha value is -0.340. The summed E-state index contributed by atoms with van der Waals surface area (Å²) in [6.45, 7) is 0. The lowest BCUT2D eigenvalue weighted by molar-refractivity contribution is -0.134. The van der Waals surface area contributed by atoms with Crippen molar-refractivity contribution in [3.63, 3.8) is 0 Å². The highest BCUT2D eigenvalue weighted by Crippen LogP contribution is 2.23. The molecule has 0 heterocycles. The SMILES string of the molecule is O=S(=O)(CCCC(F)(F)F)NC1CC(O)C1. The number of alkyl halides is 3. The van der Waals surface area contributed by atoms with E-state index in [0.717, 1.165) is 0 Å². The third kappa shape index (κ3) is 5.13. The Morgan fingerprint density at radius 2 is 1.88 bits per heavy atom. The van der Waals surface area contributed by atoms with E-state index in [2.05, 4.69) is 4.72 Å². The summed E-state index contributed by atoms with van der Waals surface area (Å²) in [5.74, 6) is -0.529. The molecule has 1 saturated carbocycles. The van der Waals surface area contributed by atoms with Gasteiger partial charge in [-0.15, -0.1) is 0 Å². The van der Waals surface area contributed by atoms with Crippen LogP contribution < -0.4 is 4.72 Å². The predicted octanol–water partition coefficient (Wildman–Crippen LogP) is 0.772. The van der Waals surface area contributed by atoms with Crippen LogP contribution in [0.5, 0.6) is 0 Å². The second kappa shape index (κ2) is 4.89. The average Bonchev–Trinajstić information content (AvgIpc) is 1.97. The number of hydrogen-bond acceptors (Lipinski definition) is 3. The summed E-state index contributed by atoms with van der Waals surface area (Å²) in [4.78, 5) is 0. The minimum Gasteiger partial charge on any atom is -0.393 e. The quantitative estimate of drug-likeness (QED) is 0.768. The number of nitrogens with one attached hydrogen (secondary N) is 1. The van der Waals surface area contributed by atoms with E-state index in [9.17, 15) is 21.6 Å². The molecule has 2 N–H and O–H groups in total. The van der Waals surface area contributed by atoms with Gasteiger partial charge in [0.05, 0.1) is 11.9 Å². The van der Waals surface area contributed by atoms with Crippen LogP contribution in [0.25, 0.3) is 0 Å². The van der Waals surface area contributed by atoms with E-state index in [1.165, 1.54) is 0 Å². The van der Waals surface area contributed by atoms with Crippen molar-refractivity contribution >= 4 is 10.0 Å². The minimum atomic E-state index is -4.32. The number of aliphatic hydroxyl groups excluding tert-OH is 1. The number of aliphatic hydroxyl groups is 1. The van der Waals surface area contributed by atoms with Gasteiger partial charge >= 0.3 is 6.18 Å². The van der Waals surface area contributed by atoms with Crippen LogP contribution in [0.15, 0.2) is 0 Å². The van der Waals surface area contributed by atoms with Gasteiger partial charge in [-0.2, -0.15) is 13.2 Å². The zero-order valence-electron chi connectivity index (χ0n) is 8.50. The smallest absolute Gasteiger partial charge is 0.389 e. The fourth-order valence-corrected chi connectivity index (χ4v) is 2.80. The molecule has 0 atom stereocenters. The summed E-state index contributed by atoms with van der Waals surface area (Å²) in [5, 5.41) is 8.91. The van der Waals surface area contributed by atoms with Gasteiger partial charge in [0.25, 0.3) is 0 Å². The highest BCUT2D eigenvalue weighted by atomic mass is 32.2. The van der Waals surface area contributed by atoms with Crippen molar-refractivity contribution in [3.05, 3.63) is 0 Å². The second-order valence-electron chi connectivity index (χ2n) is 3.98. The van der Waals surface area contributed by atoms with Crippen LogP contribution in [0.2, 0.25) is 0 Å². The number of rotatable bonds is 5. The molecule has 0 aromatic rings. The Labute approximate surface area is 91.9 Å². The highest BCUT2D eigenvalue weighted by molar-refractivity contribution is 7.89. The second-order valence-corrected chi connectivity index (χ2v) is 5.85. The molecule has 0 aromatic heterocycles. The van der Waals surface area contributed by atoms with Crippen molar-refractivity contribution in [1.82, 2.24) is 4.72 Å². The third-order valence-corrected chi connectivity index (χ3v) is 3.85. The summed E-state index contributed by atoms with van der Waals surface area (Å²) in [6, 6.07) is -0.328. The Morgan fingerprint density at radius 1 is 1.31 bits per heavy atom. The van der Waals surface area contributed by atoms with Crippen molar-refractivity contribution in [2.24, 2.45) is 0 Å². The lowest BCUT2D eigenvalue weighted by atomic mass is 9.91. The predicted molar refractivity (Wildman–Crippen MR) is 51.2 cm³/mol. The molecule has 0 unspecified atom stereocenters. The van der Waals surface area contributed by atoms with Crippen molar-refractivity contribution in [3.8, 4) is 0 Å². The Balaban J connectivity index is 2.24. The van der Waals surface area contributed by atoms with E-state index in [4.69, 9.17) is 5.11 Å². The molecule has 0 bridgehead atoms. The molecule has 0 aliphatic heterocycles. The first-order valence-electron chi connectivity index (χ1n) is 4.93. The highest BCUT2D eigenvalue weighted by Gasteiger charge is 2.31. The lowest BCUT2D eigenvalue weighted by Crippen LogP contribution is -2.47. The van der Waals surface area contributed by atoms with E-state index in [-0.39, 0.29) is 6.04 Å². The molecule has 1 aliphatic carbocycles. The molecule has 1 fully saturated rings. The van der Waals surface area contributed by atoms with Crippen LogP contribution in [0.3, 0.4) is 0 Å². The van der Waals surface area contributed by atoms with Crippen LogP contribution in [0.1, 0.15) is 25.7 Å². The van der Waals surface area contributed by atoms with Crippen molar-refractivity contribution in [2.75, 3.05) is 5.75 Å². The molecule has 96 valence electrons. The van der Waals surface area contributed by atoms with Crippen molar-refractivity contribution in [2.45, 2.75) is 44.0 Å². The topological polar surface area (TPSA) is 66.4 Å². The van der Waals surface area contributed by atoms with Gasteiger partial charge in [-0.1, -0.05) is 0 Å². The van der Waals surface area contributed by atoms with Crippen molar-refractivity contribution < 1.29 is 26.7 Å². The van der Waals surface area contributed by atoms with E-state index in [1.807, 2.05) is 0 Å². The first kappa shape index (κ1) is 13.7. The summed E-state index contributed by atoms with van der Waals surface area (Å²) in [6.07, 6.45) is -5.68. The van der Waals surface area contributed by atoms with Crippen molar-refractivity contribution in [1.29, 1.82) is 0 Å². The van der Waals surface area contributed by atoms with Gasteiger partial charge in [-0.05, 0) is 19.3 Å². The zero-order valence-corrected chi connectivity index (χ0v) is 9.31. The van der Waals surface area contributed by atoms with Gasteiger partial charge in [0.1, 0.15) is 0 Å². The minimum absolute atomic E-state index is 0.328. The van der Waals surface area contributed by atoms with Crippen LogP contribution in [-0.2, 0) is 10.0 Å². The molecule has 0 saturated heterocycles. The van der Waals surface area contributed by atoms with Crippen LogP contribution >= 0.6 is 0 Å². The zero-order chi connectivity index (χ0) is 12.4. The van der Waals surface area contributed by atoms with E-state index in [0.29, 0.717) is 12.8 Å². The standard InChI is InChI=1S/C8H14F3NO3S/c9-8(10,11)2-1-3-16(14,15)12-6-4-7(13)5-6/h6-7,12-13H,1-5H2. The molecule has 1 rings (SSSR count). The van der Waals surface area contributed by atoms with Crippen LogP contribution in [0.4, 0.5) is 13.2 Å². The molecule has 0 radical (unpaired) electrons. The summed E-state index contributed by atoms with van der Waals surface area (Å²) >= 11 is 0. The van der Waals surface area contributed by atoms with Gasteiger partial charge in [0, 0.05) is 12.5 Å². The third-order valence-electron chi connectivity index (χ3n) is 2.33. The maximum Gasteiger partial charge on any atom is 0.389 e. The van der Waals surface area contributed by atoms with E-state index >= 15 is 0 Å². The Bertz CT molecular complexity index is 322. The molecule has 0 spiro atoms. The lowest BCUT2D eigenvalue weighted by Gasteiger charge is -2.31. The number of sulfonamides is 1. The Kier molecular flexibility index (Phi) is 4.19. The number of hydrogen-bond donors (Lipinski definition) is 2. The fourth-order valence-electron chi connectivity index (χ4n) is 1.46. The van der Waals surface area contributed by atoms with Crippen LogP contribution in [0, 0.1) is 0 Å². The Morgan fingerprint density at radius 3 is 2.31 bits per heavy atom. The van der Waals surface area contributed by atoms with Gasteiger partial charge in [0.15, 0.2) is 0 Å². The molecule has 1 aliphatic rings. The van der Waals surface area contributed by atoms with E-state index in [1.54, 1.807) is 0 Å². The maximum atomic E-state index is 11.8. The summed E-state index contributed by atoms with van der Waals surface area (Å²) in [7, 11) is -3.65. The first-order valence-corrected chi connectivity index (χ1v) is 6.58. The normalized spacial score (nSPS) is 26.5. The largest absolute Gasteiger partial charge is 0.393 e. The maximum absolute atomic E-state index is 11.8.